The summed E-state index contributed by atoms with van der Waals surface area (Å²) in [4.78, 5) is 30.1. The number of anilines is 1. The van der Waals surface area contributed by atoms with Crippen molar-refractivity contribution in [1.29, 1.82) is 0 Å². The van der Waals surface area contributed by atoms with Gasteiger partial charge < -0.3 is 15.0 Å². The van der Waals surface area contributed by atoms with Gasteiger partial charge in [-0.05, 0) is 67.3 Å². The summed E-state index contributed by atoms with van der Waals surface area (Å²) in [6, 6.07) is 28.5. The molecule has 0 radical (unpaired) electrons. The number of hydrogen-bond donors (Lipinski definition) is 1. The molecule has 8 nitrogen and oxygen atoms in total. The summed E-state index contributed by atoms with van der Waals surface area (Å²) < 4.78 is 35.2. The predicted molar refractivity (Wildman–Crippen MR) is 183 cm³/mol. The van der Waals surface area contributed by atoms with Crippen molar-refractivity contribution in [2.24, 2.45) is 0 Å². The highest BCUT2D eigenvalue weighted by Crippen LogP contribution is 2.34. The van der Waals surface area contributed by atoms with Crippen LogP contribution in [0.25, 0.3) is 0 Å². The van der Waals surface area contributed by atoms with Crippen molar-refractivity contribution in [1.82, 2.24) is 10.2 Å². The van der Waals surface area contributed by atoms with Gasteiger partial charge in [0.05, 0.1) is 17.7 Å². The van der Waals surface area contributed by atoms with Gasteiger partial charge in [-0.1, -0.05) is 91.3 Å². The summed E-state index contributed by atoms with van der Waals surface area (Å²) in [7, 11) is -2.82. The van der Waals surface area contributed by atoms with E-state index in [1.165, 1.54) is 24.1 Å². The zero-order valence-corrected chi connectivity index (χ0v) is 28.1. The number of hydrogen-bond acceptors (Lipinski definition) is 5. The number of carbonyl (C=O) groups excluding carboxylic acids is 2. The standard InChI is InChI=1S/C36H40ClN3O5S/c1-5-27(3)38-36(42)33(23-28-14-8-6-9-15-28)39(24-29-16-12-13-19-31(29)37)35(41)25-40(32-22-26(2)20-21-34(32)45-4)46(43,44)30-17-10-7-11-18-30/h6-22,27,33H,5,23-25H2,1-4H3,(H,38,42)/t27-,33-/m0/s1. The first-order chi connectivity index (χ1) is 22.0. The molecule has 0 heterocycles. The number of carbonyl (C=O) groups is 2. The molecule has 4 aromatic carbocycles. The van der Waals surface area contributed by atoms with Gasteiger partial charge in [-0.3, -0.25) is 13.9 Å². The third kappa shape index (κ3) is 8.47. The summed E-state index contributed by atoms with van der Waals surface area (Å²) in [5, 5.41) is 3.46. The van der Waals surface area contributed by atoms with E-state index in [-0.39, 0.29) is 41.2 Å². The SMILES string of the molecule is CC[C@H](C)NC(=O)[C@H](Cc1ccccc1)N(Cc1ccccc1Cl)C(=O)CN(c1cc(C)ccc1OC)S(=O)(=O)c1ccccc1. The van der Waals surface area contributed by atoms with E-state index in [2.05, 4.69) is 5.32 Å². The number of rotatable bonds is 14. The van der Waals surface area contributed by atoms with Gasteiger partial charge >= 0.3 is 0 Å². The quantitative estimate of drug-likeness (QED) is 0.169. The molecule has 2 amide bonds. The Morgan fingerprint density at radius 2 is 1.54 bits per heavy atom. The van der Waals surface area contributed by atoms with Crippen LogP contribution in [-0.2, 0) is 32.6 Å². The molecule has 2 atom stereocenters. The van der Waals surface area contributed by atoms with E-state index < -0.39 is 28.5 Å². The number of ether oxygens (including phenoxy) is 1. The van der Waals surface area contributed by atoms with Crippen molar-refractivity contribution in [2.75, 3.05) is 18.0 Å². The maximum atomic E-state index is 14.7. The second-order valence-electron chi connectivity index (χ2n) is 11.1. The lowest BCUT2D eigenvalue weighted by atomic mass is 10.0. The minimum atomic E-state index is -4.26. The zero-order valence-electron chi connectivity index (χ0n) is 26.5. The number of aryl methyl sites for hydroxylation is 1. The summed E-state index contributed by atoms with van der Waals surface area (Å²) >= 11 is 6.57. The zero-order chi connectivity index (χ0) is 33.3. The summed E-state index contributed by atoms with van der Waals surface area (Å²) in [5.74, 6) is -0.640. The average molecular weight is 662 g/mol. The smallest absolute Gasteiger partial charge is 0.264 e. The van der Waals surface area contributed by atoms with Crippen molar-refractivity contribution in [3.63, 3.8) is 0 Å². The Balaban J connectivity index is 1.86. The lowest BCUT2D eigenvalue weighted by Gasteiger charge is -2.34. The number of methoxy groups -OCH3 is 1. The maximum absolute atomic E-state index is 14.7. The molecule has 4 rings (SSSR count). The Morgan fingerprint density at radius 1 is 0.913 bits per heavy atom. The molecule has 0 aromatic heterocycles. The van der Waals surface area contributed by atoms with Crippen LogP contribution < -0.4 is 14.4 Å². The van der Waals surface area contributed by atoms with Gasteiger partial charge in [0.1, 0.15) is 18.3 Å². The molecule has 4 aromatic rings. The number of nitrogens with one attached hydrogen (secondary N) is 1. The van der Waals surface area contributed by atoms with Crippen LogP contribution in [0.3, 0.4) is 0 Å². The average Bonchev–Trinajstić information content (AvgIpc) is 3.06. The topological polar surface area (TPSA) is 96.0 Å². The van der Waals surface area contributed by atoms with E-state index in [9.17, 15) is 18.0 Å². The summed E-state index contributed by atoms with van der Waals surface area (Å²) in [6.07, 6.45) is 0.900. The molecule has 242 valence electrons. The first kappa shape index (κ1) is 34.5. The van der Waals surface area contributed by atoms with Gasteiger partial charge in [0, 0.05) is 24.0 Å². The molecule has 0 spiro atoms. The fraction of sp³-hybridized carbons (Fsp3) is 0.278. The summed E-state index contributed by atoms with van der Waals surface area (Å²) in [5.41, 5.74) is 2.45. The molecule has 0 bridgehead atoms. The normalized spacial score (nSPS) is 12.5. The van der Waals surface area contributed by atoms with Crippen molar-refractivity contribution in [3.05, 3.63) is 125 Å². The second kappa shape index (κ2) is 15.8. The molecule has 0 saturated carbocycles. The third-order valence-electron chi connectivity index (χ3n) is 7.78. The van der Waals surface area contributed by atoms with Crippen LogP contribution in [-0.4, -0.2) is 50.9 Å². The Morgan fingerprint density at radius 3 is 2.17 bits per heavy atom. The molecule has 0 saturated heterocycles. The molecule has 46 heavy (non-hydrogen) atoms. The largest absolute Gasteiger partial charge is 0.495 e. The number of benzene rings is 4. The molecular weight excluding hydrogens is 622 g/mol. The number of amides is 2. The minimum absolute atomic E-state index is 0.0133. The first-order valence-corrected chi connectivity index (χ1v) is 17.0. The van der Waals surface area contributed by atoms with Crippen LogP contribution in [0.1, 0.15) is 37.0 Å². The monoisotopic (exact) mass is 661 g/mol. The van der Waals surface area contributed by atoms with E-state index in [0.717, 1.165) is 15.4 Å². The fourth-order valence-corrected chi connectivity index (χ4v) is 6.67. The molecule has 1 N–H and O–H groups in total. The molecule has 0 aliphatic carbocycles. The van der Waals surface area contributed by atoms with Crippen molar-refractivity contribution in [2.45, 2.75) is 57.1 Å². The van der Waals surface area contributed by atoms with Crippen LogP contribution in [0.2, 0.25) is 5.02 Å². The van der Waals surface area contributed by atoms with Crippen molar-refractivity contribution < 1.29 is 22.7 Å². The summed E-state index contributed by atoms with van der Waals surface area (Å²) in [6.45, 7) is 5.08. The molecule has 0 aliphatic rings. The van der Waals surface area contributed by atoms with E-state index in [4.69, 9.17) is 16.3 Å². The highest BCUT2D eigenvalue weighted by atomic mass is 35.5. The molecule has 0 unspecified atom stereocenters. The van der Waals surface area contributed by atoms with Gasteiger partial charge in [0.25, 0.3) is 10.0 Å². The molecule has 0 fully saturated rings. The van der Waals surface area contributed by atoms with Crippen LogP contribution >= 0.6 is 11.6 Å². The van der Waals surface area contributed by atoms with Crippen molar-refractivity contribution in [3.8, 4) is 5.75 Å². The molecular formula is C36H40ClN3O5S. The van der Waals surface area contributed by atoms with E-state index >= 15 is 0 Å². The van der Waals surface area contributed by atoms with Gasteiger partial charge in [-0.2, -0.15) is 0 Å². The number of halogens is 1. The molecule has 0 aliphatic heterocycles. The van der Waals surface area contributed by atoms with Crippen LogP contribution in [0, 0.1) is 6.92 Å². The Kier molecular flexibility index (Phi) is 11.8. The minimum Gasteiger partial charge on any atom is -0.495 e. The Hall–Kier alpha value is -4.34. The first-order valence-electron chi connectivity index (χ1n) is 15.1. The van der Waals surface area contributed by atoms with Crippen LogP contribution in [0.15, 0.2) is 108 Å². The van der Waals surface area contributed by atoms with Gasteiger partial charge in [0.15, 0.2) is 0 Å². The van der Waals surface area contributed by atoms with Crippen LogP contribution in [0.4, 0.5) is 5.69 Å². The highest BCUT2D eigenvalue weighted by Gasteiger charge is 2.36. The maximum Gasteiger partial charge on any atom is 0.264 e. The lowest BCUT2D eigenvalue weighted by Crippen LogP contribution is -2.54. The number of sulfonamides is 1. The Labute approximate surface area is 277 Å². The Bertz CT molecular complexity index is 1740. The molecule has 10 heteroatoms. The second-order valence-corrected chi connectivity index (χ2v) is 13.4. The predicted octanol–water partition coefficient (Wildman–Crippen LogP) is 6.41. The van der Waals surface area contributed by atoms with Gasteiger partial charge in [-0.15, -0.1) is 0 Å². The van der Waals surface area contributed by atoms with E-state index in [0.29, 0.717) is 17.0 Å². The van der Waals surface area contributed by atoms with Crippen LogP contribution in [0.5, 0.6) is 5.75 Å². The van der Waals surface area contributed by atoms with Gasteiger partial charge in [-0.25, -0.2) is 8.42 Å². The highest BCUT2D eigenvalue weighted by molar-refractivity contribution is 7.92. The number of nitrogens with zero attached hydrogens (tertiary/aromatic N) is 2. The van der Waals surface area contributed by atoms with Crippen molar-refractivity contribution >= 4 is 39.1 Å². The fourth-order valence-electron chi connectivity index (χ4n) is 5.03. The van der Waals surface area contributed by atoms with E-state index in [1.807, 2.05) is 51.1 Å². The third-order valence-corrected chi connectivity index (χ3v) is 9.93. The lowest BCUT2D eigenvalue weighted by molar-refractivity contribution is -0.140. The van der Waals surface area contributed by atoms with E-state index in [1.54, 1.807) is 60.7 Å². The van der Waals surface area contributed by atoms with Gasteiger partial charge in [0.2, 0.25) is 11.8 Å².